The van der Waals surface area contributed by atoms with Crippen molar-refractivity contribution in [1.29, 1.82) is 0 Å². The molecule has 1 aromatic heterocycles. The molecule has 2 saturated heterocycles. The highest BCUT2D eigenvalue weighted by Crippen LogP contribution is 2.31. The lowest BCUT2D eigenvalue weighted by molar-refractivity contribution is 0.0912. The minimum atomic E-state index is -0.266. The lowest BCUT2D eigenvalue weighted by atomic mass is 10.0. The summed E-state index contributed by atoms with van der Waals surface area (Å²) in [5.41, 5.74) is 3.93. The molecule has 0 saturated carbocycles. The molecule has 3 aromatic rings. The molecule has 42 heavy (non-hydrogen) atoms. The summed E-state index contributed by atoms with van der Waals surface area (Å²) in [7, 11) is 1.70. The Balaban J connectivity index is 1.30. The predicted octanol–water partition coefficient (Wildman–Crippen LogP) is 3.95. The zero-order valence-corrected chi connectivity index (χ0v) is 24.9. The predicted molar refractivity (Wildman–Crippen MR) is 165 cm³/mol. The second-order valence-electron chi connectivity index (χ2n) is 11.2. The van der Waals surface area contributed by atoms with Crippen molar-refractivity contribution in [2.75, 3.05) is 45.2 Å². The number of amides is 3. The highest BCUT2D eigenvalue weighted by molar-refractivity contribution is 5.95. The molecule has 2 aliphatic rings. The Morgan fingerprint density at radius 3 is 2.45 bits per heavy atom. The molecule has 224 valence electrons. The number of para-hydroxylation sites is 1. The maximum atomic E-state index is 13.1. The van der Waals surface area contributed by atoms with Gasteiger partial charge in [-0.15, -0.1) is 0 Å². The van der Waals surface area contributed by atoms with Gasteiger partial charge in [0, 0.05) is 68.2 Å². The largest absolute Gasteiger partial charge is 0.385 e. The zero-order chi connectivity index (χ0) is 29.5. The first kappa shape index (κ1) is 29.8. The van der Waals surface area contributed by atoms with Crippen molar-refractivity contribution in [2.45, 2.75) is 57.7 Å². The molecule has 0 unspecified atom stereocenters. The van der Waals surface area contributed by atoms with Gasteiger partial charge in [0.25, 0.3) is 5.91 Å². The van der Waals surface area contributed by atoms with Crippen molar-refractivity contribution in [3.63, 3.8) is 0 Å². The minimum Gasteiger partial charge on any atom is -0.385 e. The third-order valence-corrected chi connectivity index (χ3v) is 8.37. The first-order valence-electron chi connectivity index (χ1n) is 15.0. The molecule has 0 radical (unpaired) electrons. The van der Waals surface area contributed by atoms with Crippen molar-refractivity contribution in [2.24, 2.45) is 0 Å². The van der Waals surface area contributed by atoms with Crippen LogP contribution in [-0.4, -0.2) is 84.6 Å². The summed E-state index contributed by atoms with van der Waals surface area (Å²) in [5, 5.41) is 17.7. The van der Waals surface area contributed by atoms with Crippen molar-refractivity contribution < 1.29 is 14.3 Å². The van der Waals surface area contributed by atoms with E-state index in [0.29, 0.717) is 24.0 Å². The lowest BCUT2D eigenvalue weighted by Crippen LogP contribution is -2.44. The molecular weight excluding hydrogens is 530 g/mol. The second kappa shape index (κ2) is 14.0. The van der Waals surface area contributed by atoms with Crippen molar-refractivity contribution >= 4 is 17.8 Å². The van der Waals surface area contributed by atoms with Crippen LogP contribution in [0.4, 0.5) is 10.6 Å². The molecule has 10 nitrogen and oxygen atoms in total. The van der Waals surface area contributed by atoms with E-state index < -0.39 is 0 Å². The van der Waals surface area contributed by atoms with Crippen LogP contribution in [0.5, 0.6) is 0 Å². The number of carbonyl (C=O) groups excluding carboxylic acids is 2. The highest BCUT2D eigenvalue weighted by atomic mass is 16.5. The summed E-state index contributed by atoms with van der Waals surface area (Å²) in [6, 6.07) is 17.6. The van der Waals surface area contributed by atoms with E-state index in [1.165, 1.54) is 0 Å². The van der Waals surface area contributed by atoms with Crippen LogP contribution in [0.3, 0.4) is 0 Å². The number of aromatic nitrogens is 2. The summed E-state index contributed by atoms with van der Waals surface area (Å²) in [6.07, 6.45) is 3.72. The maximum absolute atomic E-state index is 13.1. The normalized spacial score (nSPS) is 19.5. The lowest BCUT2D eigenvalue weighted by Gasteiger charge is -2.31. The number of anilines is 1. The quantitative estimate of drug-likeness (QED) is 0.292. The van der Waals surface area contributed by atoms with Gasteiger partial charge >= 0.3 is 6.03 Å². The molecule has 2 fully saturated rings. The van der Waals surface area contributed by atoms with Gasteiger partial charge in [-0.1, -0.05) is 37.3 Å². The summed E-state index contributed by atoms with van der Waals surface area (Å²) < 4.78 is 6.96. The molecular formula is C32H43N7O3. The van der Waals surface area contributed by atoms with Crippen LogP contribution in [0, 0.1) is 6.92 Å². The van der Waals surface area contributed by atoms with Gasteiger partial charge in [-0.05, 0) is 63.4 Å². The van der Waals surface area contributed by atoms with E-state index in [1.54, 1.807) is 11.8 Å². The van der Waals surface area contributed by atoms with Crippen molar-refractivity contribution in [3.8, 4) is 16.9 Å². The van der Waals surface area contributed by atoms with Crippen LogP contribution in [0.1, 0.15) is 48.5 Å². The van der Waals surface area contributed by atoms with E-state index >= 15 is 0 Å². The average Bonchev–Trinajstić information content (AvgIpc) is 3.60. The number of hydrogen-bond donors (Lipinski definition) is 4. The number of nitrogens with one attached hydrogen (secondary N) is 4. The van der Waals surface area contributed by atoms with Gasteiger partial charge in [0.1, 0.15) is 5.82 Å². The second-order valence-corrected chi connectivity index (χ2v) is 11.2. The number of ether oxygens (including phenoxy) is 1. The molecule has 2 atom stereocenters. The molecule has 0 bridgehead atoms. The molecule has 0 aliphatic carbocycles. The number of carbonyl (C=O) groups is 2. The summed E-state index contributed by atoms with van der Waals surface area (Å²) in [4.78, 5) is 28.5. The van der Waals surface area contributed by atoms with Crippen LogP contribution < -0.4 is 21.3 Å². The minimum absolute atomic E-state index is 0.0395. The van der Waals surface area contributed by atoms with E-state index in [9.17, 15) is 9.59 Å². The molecule has 10 heteroatoms. The summed E-state index contributed by atoms with van der Waals surface area (Å²) >= 11 is 0. The fraction of sp³-hybridized carbons (Fsp3) is 0.469. The number of likely N-dealkylation sites (tertiary alicyclic amines) is 1. The number of rotatable bonds is 10. The van der Waals surface area contributed by atoms with Gasteiger partial charge in [-0.25, -0.2) is 9.48 Å². The fourth-order valence-corrected chi connectivity index (χ4v) is 5.85. The van der Waals surface area contributed by atoms with Crippen molar-refractivity contribution in [3.05, 3.63) is 65.7 Å². The van der Waals surface area contributed by atoms with Crippen LogP contribution >= 0.6 is 0 Å². The Kier molecular flexibility index (Phi) is 9.89. The van der Waals surface area contributed by atoms with Crippen molar-refractivity contribution in [1.82, 2.24) is 30.6 Å². The molecule has 5 rings (SSSR count). The summed E-state index contributed by atoms with van der Waals surface area (Å²) in [6.45, 7) is 8.64. The number of hydrogen-bond acceptors (Lipinski definition) is 6. The SMILES string of the molecule is CCN1CCC(NC(=O)c2ccc(-c3nn(-c4ccccc4)c(NC(=O)N[C@H]4CN[C@H](CCOC)C4)c3C)cc2)CC1. The van der Waals surface area contributed by atoms with E-state index in [0.717, 1.165) is 74.4 Å². The molecule has 3 heterocycles. The number of nitrogens with zero attached hydrogens (tertiary/aromatic N) is 3. The Morgan fingerprint density at radius 1 is 1.02 bits per heavy atom. The van der Waals surface area contributed by atoms with E-state index in [4.69, 9.17) is 9.84 Å². The zero-order valence-electron chi connectivity index (χ0n) is 24.9. The fourth-order valence-electron chi connectivity index (χ4n) is 5.85. The Labute approximate surface area is 248 Å². The third-order valence-electron chi connectivity index (χ3n) is 8.37. The summed E-state index contributed by atoms with van der Waals surface area (Å²) in [5.74, 6) is 0.559. The van der Waals surface area contributed by atoms with Crippen LogP contribution in [0.15, 0.2) is 54.6 Å². The van der Waals surface area contributed by atoms with E-state index in [2.05, 4.69) is 33.1 Å². The first-order chi connectivity index (χ1) is 20.4. The van der Waals surface area contributed by atoms with Crippen LogP contribution in [0.2, 0.25) is 0 Å². The Morgan fingerprint density at radius 2 is 1.76 bits per heavy atom. The maximum Gasteiger partial charge on any atom is 0.320 e. The standard InChI is InChI=1S/C32H43N7O3/c1-4-38-17-14-25(15-18-38)34-31(40)24-12-10-23(11-13-24)29-22(2)30(39(37-29)28-8-6-5-7-9-28)36-32(41)35-27-20-26(33-21-27)16-19-42-3/h5-13,25-27,33H,4,14-21H2,1-3H3,(H,34,40)(H2,35,36,41)/t26-,27-/m1/s1. The topological polar surface area (TPSA) is 113 Å². The van der Waals surface area contributed by atoms with Crippen LogP contribution in [0.25, 0.3) is 16.9 Å². The van der Waals surface area contributed by atoms with Crippen LogP contribution in [-0.2, 0) is 4.74 Å². The monoisotopic (exact) mass is 573 g/mol. The van der Waals surface area contributed by atoms with Gasteiger partial charge in [-0.3, -0.25) is 10.1 Å². The van der Waals surface area contributed by atoms with Gasteiger partial charge in [0.15, 0.2) is 0 Å². The highest BCUT2D eigenvalue weighted by Gasteiger charge is 2.26. The van der Waals surface area contributed by atoms with Gasteiger partial charge in [0.2, 0.25) is 0 Å². The molecule has 2 aliphatic heterocycles. The number of piperidine rings is 1. The van der Waals surface area contributed by atoms with E-state index in [-0.39, 0.29) is 24.0 Å². The van der Waals surface area contributed by atoms with Gasteiger partial charge < -0.3 is 25.6 Å². The molecule has 0 spiro atoms. The first-order valence-corrected chi connectivity index (χ1v) is 15.0. The third kappa shape index (κ3) is 7.18. The average molecular weight is 574 g/mol. The molecule has 4 N–H and O–H groups in total. The Hall–Kier alpha value is -3.73. The Bertz CT molecular complexity index is 1330. The molecule has 2 aromatic carbocycles. The van der Waals surface area contributed by atoms with Gasteiger partial charge in [-0.2, -0.15) is 5.10 Å². The molecule has 3 amide bonds. The number of urea groups is 1. The van der Waals surface area contributed by atoms with Gasteiger partial charge in [0.05, 0.1) is 11.4 Å². The smallest absolute Gasteiger partial charge is 0.320 e. The van der Waals surface area contributed by atoms with E-state index in [1.807, 2.05) is 61.5 Å². The number of methoxy groups -OCH3 is 1. The number of benzene rings is 2.